The molecule has 0 amide bonds. The first-order chi connectivity index (χ1) is 8.86. The van der Waals surface area contributed by atoms with Crippen molar-refractivity contribution in [3.63, 3.8) is 0 Å². The van der Waals surface area contributed by atoms with Crippen LogP contribution in [0.3, 0.4) is 0 Å². The fourth-order valence-electron chi connectivity index (χ4n) is 3.70. The fraction of sp³-hybridized carbons (Fsp3) is 0.438. The van der Waals surface area contributed by atoms with Crippen LogP contribution in [-0.4, -0.2) is 16.8 Å². The molecule has 0 fully saturated rings. The monoisotopic (exact) mass is 238 g/mol. The Morgan fingerprint density at radius 3 is 3.06 bits per heavy atom. The number of nitrogens with zero attached hydrogens (tertiary/aromatic N) is 2. The van der Waals surface area contributed by atoms with E-state index in [9.17, 15) is 0 Å². The first-order valence-electron chi connectivity index (χ1n) is 6.97. The zero-order chi connectivity index (χ0) is 12.1. The second kappa shape index (κ2) is 3.71. The van der Waals surface area contributed by atoms with Crippen LogP contribution in [0.15, 0.2) is 29.3 Å². The van der Waals surface area contributed by atoms with E-state index >= 15 is 0 Å². The number of aliphatic imine (C=N–C) groups is 1. The molecule has 4 rings (SSSR count). The Balaban J connectivity index is 2.06. The van der Waals surface area contributed by atoms with Gasteiger partial charge in [0.15, 0.2) is 0 Å². The van der Waals surface area contributed by atoms with Gasteiger partial charge in [-0.1, -0.05) is 18.2 Å². The highest BCUT2D eigenvalue weighted by atomic mass is 15.0. The number of fused-ring (bicyclic) bond motifs is 5. The first-order valence-corrected chi connectivity index (χ1v) is 6.97. The Morgan fingerprint density at radius 1 is 1.22 bits per heavy atom. The van der Waals surface area contributed by atoms with E-state index in [4.69, 9.17) is 4.99 Å². The van der Waals surface area contributed by atoms with E-state index in [0.717, 1.165) is 12.5 Å². The zero-order valence-electron chi connectivity index (χ0n) is 10.8. The maximum Gasteiger partial charge on any atom is 0.0486 e. The highest BCUT2D eigenvalue weighted by molar-refractivity contribution is 6.14. The standard InChI is InChI=1S/C16H18N2/c1-18-13-7-3-2-6-12(13)15-14(18)9-8-11-5-4-10-17-16(11)15/h2-3,6-7,11H,4-5,8-10H2,1H3. The third-order valence-corrected chi connectivity index (χ3v) is 4.59. The van der Waals surface area contributed by atoms with E-state index in [-0.39, 0.29) is 0 Å². The first kappa shape index (κ1) is 10.4. The van der Waals surface area contributed by atoms with E-state index < -0.39 is 0 Å². The summed E-state index contributed by atoms with van der Waals surface area (Å²) in [7, 11) is 2.20. The average molecular weight is 238 g/mol. The zero-order valence-corrected chi connectivity index (χ0v) is 10.8. The maximum atomic E-state index is 4.86. The number of aryl methyl sites for hydroxylation is 1. The van der Waals surface area contributed by atoms with Crippen LogP contribution in [0.1, 0.15) is 30.5 Å². The lowest BCUT2D eigenvalue weighted by molar-refractivity contribution is 0.514. The van der Waals surface area contributed by atoms with Gasteiger partial charge in [0.25, 0.3) is 0 Å². The molecule has 0 saturated carbocycles. The van der Waals surface area contributed by atoms with Crippen LogP contribution in [0.25, 0.3) is 10.9 Å². The van der Waals surface area contributed by atoms with Crippen molar-refractivity contribution >= 4 is 16.6 Å². The van der Waals surface area contributed by atoms with Gasteiger partial charge in [0, 0.05) is 47.4 Å². The number of hydrogen-bond acceptors (Lipinski definition) is 1. The third kappa shape index (κ3) is 1.26. The minimum Gasteiger partial charge on any atom is -0.347 e. The Bertz CT molecular complexity index is 648. The SMILES string of the molecule is Cn1c2c(c3ccccc31)C1=NCCCC1CC2. The summed E-state index contributed by atoms with van der Waals surface area (Å²) in [5.41, 5.74) is 5.72. The molecule has 0 spiro atoms. The van der Waals surface area contributed by atoms with Crippen molar-refractivity contribution in [2.45, 2.75) is 25.7 Å². The normalized spacial score (nSPS) is 22.5. The van der Waals surface area contributed by atoms with Gasteiger partial charge >= 0.3 is 0 Å². The van der Waals surface area contributed by atoms with E-state index in [2.05, 4.69) is 35.9 Å². The maximum absolute atomic E-state index is 4.86. The van der Waals surface area contributed by atoms with Gasteiger partial charge in [-0.15, -0.1) is 0 Å². The second-order valence-electron chi connectivity index (χ2n) is 5.54. The van der Waals surface area contributed by atoms with E-state index in [1.807, 2.05) is 0 Å². The van der Waals surface area contributed by atoms with Crippen molar-refractivity contribution in [2.75, 3.05) is 6.54 Å². The third-order valence-electron chi connectivity index (χ3n) is 4.59. The largest absolute Gasteiger partial charge is 0.347 e. The lowest BCUT2D eigenvalue weighted by Gasteiger charge is -2.28. The quantitative estimate of drug-likeness (QED) is 0.670. The summed E-state index contributed by atoms with van der Waals surface area (Å²) in [6.45, 7) is 1.02. The molecule has 2 nitrogen and oxygen atoms in total. The number of rotatable bonds is 0. The summed E-state index contributed by atoms with van der Waals surface area (Å²) in [4.78, 5) is 4.86. The summed E-state index contributed by atoms with van der Waals surface area (Å²) in [6.07, 6.45) is 5.11. The Labute approximate surface area is 107 Å². The van der Waals surface area contributed by atoms with Crippen LogP contribution in [0.5, 0.6) is 0 Å². The molecular weight excluding hydrogens is 220 g/mol. The van der Waals surface area contributed by atoms with Gasteiger partial charge in [-0.2, -0.15) is 0 Å². The van der Waals surface area contributed by atoms with Crippen molar-refractivity contribution in [3.05, 3.63) is 35.5 Å². The van der Waals surface area contributed by atoms with E-state index in [1.54, 1.807) is 0 Å². The van der Waals surface area contributed by atoms with Gasteiger partial charge in [-0.05, 0) is 31.7 Å². The number of aromatic nitrogens is 1. The summed E-state index contributed by atoms with van der Waals surface area (Å²) < 4.78 is 2.37. The van der Waals surface area contributed by atoms with E-state index in [0.29, 0.717) is 0 Å². The topological polar surface area (TPSA) is 17.3 Å². The molecule has 18 heavy (non-hydrogen) atoms. The van der Waals surface area contributed by atoms with Gasteiger partial charge in [-0.3, -0.25) is 4.99 Å². The highest BCUT2D eigenvalue weighted by Gasteiger charge is 2.31. The average Bonchev–Trinajstić information content (AvgIpc) is 2.73. The number of hydrogen-bond donors (Lipinski definition) is 0. The van der Waals surface area contributed by atoms with Crippen molar-refractivity contribution in [1.29, 1.82) is 0 Å². The predicted molar refractivity (Wildman–Crippen MR) is 75.4 cm³/mol. The van der Waals surface area contributed by atoms with Crippen LogP contribution < -0.4 is 0 Å². The molecule has 0 bridgehead atoms. The van der Waals surface area contributed by atoms with Crippen LogP contribution in [0.4, 0.5) is 0 Å². The number of para-hydroxylation sites is 1. The lowest BCUT2D eigenvalue weighted by Crippen LogP contribution is -2.27. The molecule has 2 heteroatoms. The van der Waals surface area contributed by atoms with Crippen LogP contribution in [0, 0.1) is 5.92 Å². The molecule has 1 aromatic carbocycles. The molecule has 2 heterocycles. The summed E-state index contributed by atoms with van der Waals surface area (Å²) in [6, 6.07) is 8.77. The molecule has 92 valence electrons. The van der Waals surface area contributed by atoms with Crippen molar-refractivity contribution in [2.24, 2.45) is 18.0 Å². The van der Waals surface area contributed by atoms with Crippen LogP contribution in [-0.2, 0) is 13.5 Å². The van der Waals surface area contributed by atoms with Gasteiger partial charge in [0.05, 0.1) is 0 Å². The molecule has 1 atom stereocenters. The molecule has 1 aliphatic heterocycles. The van der Waals surface area contributed by atoms with Gasteiger partial charge in [0.2, 0.25) is 0 Å². The Hall–Kier alpha value is -1.57. The molecule has 2 aromatic rings. The van der Waals surface area contributed by atoms with Gasteiger partial charge in [-0.25, -0.2) is 0 Å². The molecule has 0 N–H and O–H groups in total. The van der Waals surface area contributed by atoms with Crippen LogP contribution >= 0.6 is 0 Å². The van der Waals surface area contributed by atoms with Gasteiger partial charge in [0.1, 0.15) is 0 Å². The summed E-state index contributed by atoms with van der Waals surface area (Å²) >= 11 is 0. The van der Waals surface area contributed by atoms with Crippen molar-refractivity contribution < 1.29 is 0 Å². The minimum absolute atomic E-state index is 0.719. The highest BCUT2D eigenvalue weighted by Crippen LogP contribution is 2.37. The molecule has 2 aliphatic rings. The molecular formula is C16H18N2. The van der Waals surface area contributed by atoms with Crippen molar-refractivity contribution in [1.82, 2.24) is 4.57 Å². The summed E-state index contributed by atoms with van der Waals surface area (Å²) in [5, 5.41) is 1.40. The smallest absolute Gasteiger partial charge is 0.0486 e. The Kier molecular flexibility index (Phi) is 2.14. The molecule has 1 unspecified atom stereocenters. The summed E-state index contributed by atoms with van der Waals surface area (Å²) in [5.74, 6) is 0.719. The molecule has 1 aromatic heterocycles. The lowest BCUT2D eigenvalue weighted by atomic mass is 9.80. The van der Waals surface area contributed by atoms with Crippen molar-refractivity contribution in [3.8, 4) is 0 Å². The van der Waals surface area contributed by atoms with E-state index in [1.165, 1.54) is 53.6 Å². The predicted octanol–water partition coefficient (Wildman–Crippen LogP) is 3.32. The fourth-order valence-corrected chi connectivity index (χ4v) is 3.70. The minimum atomic E-state index is 0.719. The molecule has 1 aliphatic carbocycles. The second-order valence-corrected chi connectivity index (χ2v) is 5.54. The molecule has 0 saturated heterocycles. The van der Waals surface area contributed by atoms with Crippen LogP contribution in [0.2, 0.25) is 0 Å². The van der Waals surface area contributed by atoms with Gasteiger partial charge < -0.3 is 4.57 Å². The Morgan fingerprint density at radius 2 is 2.11 bits per heavy atom. The number of benzene rings is 1. The molecule has 0 radical (unpaired) electrons.